The van der Waals surface area contributed by atoms with Crippen molar-refractivity contribution in [1.82, 2.24) is 5.32 Å². The highest BCUT2D eigenvalue weighted by molar-refractivity contribution is 5.81. The van der Waals surface area contributed by atoms with Crippen molar-refractivity contribution >= 4 is 12.1 Å². The molecule has 0 radical (unpaired) electrons. The second-order valence-corrected chi connectivity index (χ2v) is 7.32. The molecule has 0 aliphatic heterocycles. The van der Waals surface area contributed by atoms with E-state index < -0.39 is 48.0 Å². The normalized spacial score (nSPS) is 14.3. The van der Waals surface area contributed by atoms with Crippen molar-refractivity contribution in [3.05, 3.63) is 47.5 Å². The van der Waals surface area contributed by atoms with E-state index in [1.165, 1.54) is 31.4 Å². The first-order chi connectivity index (χ1) is 13.4. The Kier molecular flexibility index (Phi) is 8.69. The van der Waals surface area contributed by atoms with Crippen LogP contribution in [-0.4, -0.2) is 42.5 Å². The number of amides is 1. The third-order valence-electron chi connectivity index (χ3n) is 3.90. The Balaban J connectivity index is 3.12. The monoisotopic (exact) mass is 417 g/mol. The Morgan fingerprint density at radius 3 is 2.21 bits per heavy atom. The molecule has 1 amide bonds. The molecule has 1 aromatic rings. The molecule has 29 heavy (non-hydrogen) atoms. The van der Waals surface area contributed by atoms with Crippen LogP contribution in [0.5, 0.6) is 0 Å². The molecule has 1 rings (SSSR count). The molecule has 0 heterocycles. The molecule has 6 nitrogen and oxygen atoms in total. The van der Waals surface area contributed by atoms with Gasteiger partial charge in [-0.1, -0.05) is 18.2 Å². The number of benzene rings is 1. The molecule has 0 fully saturated rings. The number of carbonyl (C=O) groups is 2. The number of hydrogen-bond acceptors (Lipinski definition) is 5. The summed E-state index contributed by atoms with van der Waals surface area (Å²) in [5.41, 5.74) is -1.13. The van der Waals surface area contributed by atoms with Gasteiger partial charge < -0.3 is 19.9 Å². The number of alkyl carbamates (subject to hydrolysis) is 1. The molecule has 162 valence electrons. The van der Waals surface area contributed by atoms with Crippen LogP contribution in [0.3, 0.4) is 0 Å². The Hall–Kier alpha value is -2.55. The first-order valence-electron chi connectivity index (χ1n) is 8.89. The van der Waals surface area contributed by atoms with Gasteiger partial charge in [0.15, 0.2) is 0 Å². The predicted octanol–water partition coefficient (Wildman–Crippen LogP) is 3.79. The number of aliphatic hydroxyl groups is 1. The average Bonchev–Trinajstić information content (AvgIpc) is 2.61. The van der Waals surface area contributed by atoms with Crippen molar-refractivity contribution in [3.8, 4) is 0 Å². The number of hydrogen-bond donors (Lipinski definition) is 2. The predicted molar refractivity (Wildman–Crippen MR) is 100 cm³/mol. The van der Waals surface area contributed by atoms with Gasteiger partial charge in [0.2, 0.25) is 0 Å². The Labute approximate surface area is 167 Å². The van der Waals surface area contributed by atoms with E-state index in [1.54, 1.807) is 20.8 Å². The van der Waals surface area contributed by atoms with E-state index in [0.29, 0.717) is 5.56 Å². The number of nitrogens with one attached hydrogen (secondary N) is 1. The summed E-state index contributed by atoms with van der Waals surface area (Å²) in [6.45, 7) is 4.53. The smallest absolute Gasteiger partial charge is 0.416 e. The Bertz CT molecular complexity index is 708. The number of ether oxygens (including phenoxy) is 2. The van der Waals surface area contributed by atoms with E-state index in [4.69, 9.17) is 4.74 Å². The lowest BCUT2D eigenvalue weighted by Crippen LogP contribution is -2.44. The quantitative estimate of drug-likeness (QED) is 0.521. The van der Waals surface area contributed by atoms with Crippen LogP contribution in [0.2, 0.25) is 0 Å². The molecular formula is C20H26F3NO5. The number of carbonyl (C=O) groups excluding carboxylic acids is 2. The highest BCUT2D eigenvalue weighted by atomic mass is 19.4. The molecule has 1 aromatic carbocycles. The first kappa shape index (κ1) is 24.5. The second-order valence-electron chi connectivity index (χ2n) is 7.32. The summed E-state index contributed by atoms with van der Waals surface area (Å²) in [6.07, 6.45) is -2.47. The van der Waals surface area contributed by atoms with E-state index in [9.17, 15) is 27.9 Å². The van der Waals surface area contributed by atoms with Crippen LogP contribution in [0, 0.1) is 0 Å². The lowest BCUT2D eigenvalue weighted by molar-refractivity contribution is -0.137. The van der Waals surface area contributed by atoms with Gasteiger partial charge in [0.25, 0.3) is 0 Å². The van der Waals surface area contributed by atoms with Crippen LogP contribution in [-0.2, 0) is 20.4 Å². The van der Waals surface area contributed by atoms with E-state index >= 15 is 0 Å². The summed E-state index contributed by atoms with van der Waals surface area (Å²) in [5, 5.41) is 12.3. The van der Waals surface area contributed by atoms with Crippen molar-refractivity contribution in [2.75, 3.05) is 13.7 Å². The highest BCUT2D eigenvalue weighted by Gasteiger charge is 2.31. The molecule has 0 spiro atoms. The first-order valence-corrected chi connectivity index (χ1v) is 8.89. The van der Waals surface area contributed by atoms with Gasteiger partial charge in [-0.2, -0.15) is 13.2 Å². The molecule has 9 heteroatoms. The van der Waals surface area contributed by atoms with Crippen LogP contribution in [0.25, 0.3) is 0 Å². The van der Waals surface area contributed by atoms with Gasteiger partial charge in [-0.05, 0) is 44.9 Å². The number of esters is 1. The molecule has 0 unspecified atom stereocenters. The lowest BCUT2D eigenvalue weighted by Gasteiger charge is -2.28. The minimum absolute atomic E-state index is 0.154. The summed E-state index contributed by atoms with van der Waals surface area (Å²) in [4.78, 5) is 23.4. The molecule has 0 aliphatic rings. The zero-order chi connectivity index (χ0) is 22.2. The van der Waals surface area contributed by atoms with E-state index in [1.807, 2.05) is 0 Å². The fourth-order valence-corrected chi connectivity index (χ4v) is 2.56. The second kappa shape index (κ2) is 10.3. The molecule has 0 aliphatic carbocycles. The van der Waals surface area contributed by atoms with Crippen LogP contribution >= 0.6 is 0 Å². The van der Waals surface area contributed by atoms with Gasteiger partial charge in [-0.25, -0.2) is 9.59 Å². The molecule has 0 aromatic heterocycles. The standard InChI is InChI=1S/C20H26F3NO5/c1-19(2,3)29-18(27)24-16(12-25)15(6-5-7-17(26)28-4)13-8-10-14(11-9-13)20(21,22)23/h5,7-11,15-16,25H,6,12H2,1-4H3,(H,24,27)/b7-5+/t15-,16+/m0/s1. The molecule has 2 N–H and O–H groups in total. The highest BCUT2D eigenvalue weighted by Crippen LogP contribution is 2.32. The van der Waals surface area contributed by atoms with Gasteiger partial charge in [0.05, 0.1) is 25.3 Å². The van der Waals surface area contributed by atoms with Gasteiger partial charge >= 0.3 is 18.2 Å². The summed E-state index contributed by atoms with van der Waals surface area (Å²) < 4.78 is 48.2. The summed E-state index contributed by atoms with van der Waals surface area (Å²) in [7, 11) is 1.21. The number of halogens is 3. The van der Waals surface area contributed by atoms with E-state index in [2.05, 4.69) is 10.1 Å². The van der Waals surface area contributed by atoms with E-state index in [-0.39, 0.29) is 6.42 Å². The fourth-order valence-electron chi connectivity index (χ4n) is 2.56. The largest absolute Gasteiger partial charge is 0.466 e. The van der Waals surface area contributed by atoms with E-state index in [0.717, 1.165) is 12.1 Å². The van der Waals surface area contributed by atoms with Gasteiger partial charge in [-0.3, -0.25) is 0 Å². The lowest BCUT2D eigenvalue weighted by atomic mass is 9.88. The maximum atomic E-state index is 12.8. The van der Waals surface area contributed by atoms with Gasteiger partial charge in [-0.15, -0.1) is 0 Å². The third-order valence-corrected chi connectivity index (χ3v) is 3.90. The summed E-state index contributed by atoms with van der Waals surface area (Å²) in [5.74, 6) is -1.22. The van der Waals surface area contributed by atoms with Gasteiger partial charge in [0.1, 0.15) is 5.60 Å². The molecule has 2 atom stereocenters. The van der Waals surface area contributed by atoms with Crippen LogP contribution in [0.1, 0.15) is 44.2 Å². The average molecular weight is 417 g/mol. The van der Waals surface area contributed by atoms with Crippen molar-refractivity contribution in [2.24, 2.45) is 0 Å². The summed E-state index contributed by atoms with van der Waals surface area (Å²) >= 11 is 0. The number of allylic oxidation sites excluding steroid dienone is 1. The van der Waals surface area contributed by atoms with Crippen LogP contribution in [0.4, 0.5) is 18.0 Å². The topological polar surface area (TPSA) is 84.9 Å². The zero-order valence-electron chi connectivity index (χ0n) is 16.7. The zero-order valence-corrected chi connectivity index (χ0v) is 16.7. The van der Waals surface area contributed by atoms with Crippen LogP contribution in [0.15, 0.2) is 36.4 Å². The van der Waals surface area contributed by atoms with Crippen molar-refractivity contribution in [2.45, 2.75) is 50.9 Å². The maximum Gasteiger partial charge on any atom is 0.416 e. The number of rotatable bonds is 7. The van der Waals surface area contributed by atoms with Gasteiger partial charge in [0, 0.05) is 12.0 Å². The SMILES string of the molecule is COC(=O)/C=C/C[C@@H](c1ccc(C(F)(F)F)cc1)[C@@H](CO)NC(=O)OC(C)(C)C. The molecule has 0 saturated heterocycles. The van der Waals surface area contributed by atoms with Crippen molar-refractivity contribution < 1.29 is 37.3 Å². The molecular weight excluding hydrogens is 391 g/mol. The number of alkyl halides is 3. The van der Waals surface area contributed by atoms with Crippen molar-refractivity contribution in [3.63, 3.8) is 0 Å². The molecule has 0 saturated carbocycles. The van der Waals surface area contributed by atoms with Crippen molar-refractivity contribution in [1.29, 1.82) is 0 Å². The third kappa shape index (κ3) is 8.55. The Morgan fingerprint density at radius 2 is 1.76 bits per heavy atom. The minimum Gasteiger partial charge on any atom is -0.466 e. The minimum atomic E-state index is -4.48. The molecule has 0 bridgehead atoms. The van der Waals surface area contributed by atoms with Crippen LogP contribution < -0.4 is 5.32 Å². The number of aliphatic hydroxyl groups excluding tert-OH is 1. The number of methoxy groups -OCH3 is 1. The Morgan fingerprint density at radius 1 is 1.17 bits per heavy atom. The maximum absolute atomic E-state index is 12.8. The summed E-state index contributed by atoms with van der Waals surface area (Å²) in [6, 6.07) is 3.55. The fraction of sp³-hybridized carbons (Fsp3) is 0.500.